The van der Waals surface area contributed by atoms with Crippen molar-refractivity contribution in [1.82, 2.24) is 4.90 Å². The van der Waals surface area contributed by atoms with Crippen molar-refractivity contribution in [3.63, 3.8) is 0 Å². The smallest absolute Gasteiger partial charge is 0.411 e. The van der Waals surface area contributed by atoms with Gasteiger partial charge in [-0.25, -0.2) is 9.59 Å². The van der Waals surface area contributed by atoms with E-state index in [1.807, 2.05) is 60.7 Å². The number of ether oxygens (including phenoxy) is 2. The van der Waals surface area contributed by atoms with Gasteiger partial charge >= 0.3 is 12.1 Å². The van der Waals surface area contributed by atoms with Crippen molar-refractivity contribution in [2.45, 2.75) is 30.7 Å². The van der Waals surface area contributed by atoms with Gasteiger partial charge in [0.2, 0.25) is 0 Å². The van der Waals surface area contributed by atoms with Gasteiger partial charge in [-0.2, -0.15) is 0 Å². The van der Waals surface area contributed by atoms with Crippen LogP contribution in [0.1, 0.15) is 11.1 Å². The predicted octanol–water partition coefficient (Wildman–Crippen LogP) is 1.91. The van der Waals surface area contributed by atoms with Crippen LogP contribution in [-0.2, 0) is 27.3 Å². The Labute approximate surface area is 151 Å². The van der Waals surface area contributed by atoms with E-state index in [0.717, 1.165) is 11.1 Å². The van der Waals surface area contributed by atoms with E-state index in [1.165, 1.54) is 4.90 Å². The lowest BCUT2D eigenvalue weighted by Crippen LogP contribution is -2.36. The number of cyclic esters (lactones) is 1. The van der Waals surface area contributed by atoms with Gasteiger partial charge in [0.05, 0.1) is 6.61 Å². The second kappa shape index (κ2) is 6.46. The minimum Gasteiger partial charge on any atom is -0.456 e. The zero-order chi connectivity index (χ0) is 18.1. The summed E-state index contributed by atoms with van der Waals surface area (Å²) in [7, 11) is 0. The van der Waals surface area contributed by atoms with Crippen LogP contribution in [0.4, 0.5) is 4.79 Å². The summed E-state index contributed by atoms with van der Waals surface area (Å²) >= 11 is 0. The molecule has 1 N–H and O–H groups in total. The average molecular weight is 353 g/mol. The van der Waals surface area contributed by atoms with Crippen LogP contribution >= 0.6 is 0 Å². The molecule has 6 nitrogen and oxygen atoms in total. The fourth-order valence-electron chi connectivity index (χ4n) is 3.72. The van der Waals surface area contributed by atoms with Crippen LogP contribution in [0.25, 0.3) is 0 Å². The second-order valence-electron chi connectivity index (χ2n) is 6.57. The summed E-state index contributed by atoms with van der Waals surface area (Å²) in [4.78, 5) is 26.5. The minimum atomic E-state index is -1.08. The maximum absolute atomic E-state index is 12.6. The summed E-state index contributed by atoms with van der Waals surface area (Å²) in [6, 6.07) is 18.3. The summed E-state index contributed by atoms with van der Waals surface area (Å²) in [5.41, 5.74) is 0.709. The lowest BCUT2D eigenvalue weighted by atomic mass is 9.95. The summed E-state index contributed by atoms with van der Waals surface area (Å²) in [6.45, 7) is -0.196. The average Bonchev–Trinajstić information content (AvgIpc) is 3.26. The number of esters is 1. The van der Waals surface area contributed by atoms with E-state index < -0.39 is 29.7 Å². The fraction of sp³-hybridized carbons (Fsp3) is 0.300. The number of morpholine rings is 1. The van der Waals surface area contributed by atoms with E-state index in [-0.39, 0.29) is 13.2 Å². The molecular formula is C20H19NO5. The molecular weight excluding hydrogens is 334 g/mol. The number of amides is 1. The number of carbonyl (C=O) groups is 2. The molecule has 2 heterocycles. The predicted molar refractivity (Wildman–Crippen MR) is 92.1 cm³/mol. The van der Waals surface area contributed by atoms with Crippen LogP contribution in [0.15, 0.2) is 60.7 Å². The summed E-state index contributed by atoms with van der Waals surface area (Å²) in [6.07, 6.45) is -0.936. The maximum atomic E-state index is 12.6. The number of benzene rings is 2. The van der Waals surface area contributed by atoms with Crippen molar-refractivity contribution >= 4 is 12.1 Å². The number of aliphatic hydroxyl groups is 1. The van der Waals surface area contributed by atoms with Gasteiger partial charge in [0.15, 0.2) is 5.54 Å². The standard InChI is InChI=1S/C20H19NO5/c22-12-16-17-20(18(23)26-16,11-14-7-3-1-4-8-14)21(17)19(24)25-13-15-9-5-2-6-10-15/h1-10,16-17,22H,11-13H2/t16-,17-,20-,21?/m1/s1. The minimum absolute atomic E-state index is 0.128. The van der Waals surface area contributed by atoms with Gasteiger partial charge < -0.3 is 14.6 Å². The van der Waals surface area contributed by atoms with Crippen LogP contribution < -0.4 is 0 Å². The quantitative estimate of drug-likeness (QED) is 0.656. The van der Waals surface area contributed by atoms with E-state index in [4.69, 9.17) is 9.47 Å². The molecule has 2 aromatic rings. The molecule has 26 heavy (non-hydrogen) atoms. The molecule has 0 aliphatic carbocycles. The van der Waals surface area contributed by atoms with Gasteiger partial charge in [0.25, 0.3) is 0 Å². The first-order valence-electron chi connectivity index (χ1n) is 8.52. The second-order valence-corrected chi connectivity index (χ2v) is 6.57. The molecule has 2 aliphatic rings. The molecule has 2 saturated heterocycles. The molecule has 0 spiro atoms. The van der Waals surface area contributed by atoms with E-state index in [9.17, 15) is 14.7 Å². The summed E-state index contributed by atoms with van der Waals surface area (Å²) in [5, 5.41) is 9.51. The van der Waals surface area contributed by atoms with Crippen molar-refractivity contribution in [3.05, 3.63) is 71.8 Å². The third-order valence-electron chi connectivity index (χ3n) is 4.99. The Morgan fingerprint density at radius 1 is 1.08 bits per heavy atom. The summed E-state index contributed by atoms with van der Waals surface area (Å²) < 4.78 is 10.6. The number of fused-ring (bicyclic) bond motifs is 1. The number of rotatable bonds is 5. The van der Waals surface area contributed by atoms with E-state index in [2.05, 4.69) is 0 Å². The molecule has 0 radical (unpaired) electrons. The first-order chi connectivity index (χ1) is 12.7. The molecule has 2 fully saturated rings. The SMILES string of the molecule is O=C(OCc1ccccc1)N1[C@@H]2[C@@H](CO)OC(=O)[C@@]21Cc1ccccc1. The summed E-state index contributed by atoms with van der Waals surface area (Å²) in [5.74, 6) is -0.484. The van der Waals surface area contributed by atoms with Crippen LogP contribution in [-0.4, -0.2) is 46.4 Å². The molecule has 0 saturated carbocycles. The van der Waals surface area contributed by atoms with E-state index in [0.29, 0.717) is 6.42 Å². The Hall–Kier alpha value is -2.86. The molecule has 6 heteroatoms. The monoisotopic (exact) mass is 353 g/mol. The zero-order valence-electron chi connectivity index (χ0n) is 14.1. The normalized spacial score (nSPS) is 26.2. The highest BCUT2D eigenvalue weighted by Crippen LogP contribution is 2.52. The van der Waals surface area contributed by atoms with Crippen molar-refractivity contribution in [2.75, 3.05) is 6.61 Å². The highest BCUT2D eigenvalue weighted by molar-refractivity contribution is 5.96. The molecule has 0 unspecified atom stereocenters. The van der Waals surface area contributed by atoms with Gasteiger partial charge in [-0.05, 0) is 11.1 Å². The van der Waals surface area contributed by atoms with E-state index in [1.54, 1.807) is 0 Å². The molecule has 3 atom stereocenters. The lowest BCUT2D eigenvalue weighted by molar-refractivity contribution is -0.150. The largest absolute Gasteiger partial charge is 0.456 e. The number of nitrogens with zero attached hydrogens (tertiary/aromatic N) is 1. The van der Waals surface area contributed by atoms with Gasteiger partial charge in [0.1, 0.15) is 18.8 Å². The van der Waals surface area contributed by atoms with Crippen molar-refractivity contribution < 1.29 is 24.2 Å². The van der Waals surface area contributed by atoms with Crippen LogP contribution in [0.5, 0.6) is 0 Å². The Morgan fingerprint density at radius 3 is 2.31 bits per heavy atom. The number of hydrogen-bond donors (Lipinski definition) is 1. The lowest BCUT2D eigenvalue weighted by Gasteiger charge is -2.18. The van der Waals surface area contributed by atoms with Crippen LogP contribution in [0.2, 0.25) is 0 Å². The Morgan fingerprint density at radius 2 is 1.69 bits per heavy atom. The third-order valence-corrected chi connectivity index (χ3v) is 4.99. The molecule has 2 aromatic carbocycles. The molecule has 1 amide bonds. The molecule has 0 bridgehead atoms. The molecule has 4 rings (SSSR count). The molecule has 134 valence electrons. The third kappa shape index (κ3) is 2.63. The number of hydrogen-bond acceptors (Lipinski definition) is 5. The first-order valence-corrected chi connectivity index (χ1v) is 8.52. The molecule has 0 aromatic heterocycles. The fourth-order valence-corrected chi connectivity index (χ4v) is 3.72. The van der Waals surface area contributed by atoms with E-state index >= 15 is 0 Å². The number of aliphatic hydroxyl groups excluding tert-OH is 1. The zero-order valence-corrected chi connectivity index (χ0v) is 14.1. The highest BCUT2D eigenvalue weighted by atomic mass is 16.6. The van der Waals surface area contributed by atoms with Crippen LogP contribution in [0.3, 0.4) is 0 Å². The maximum Gasteiger partial charge on any atom is 0.411 e. The highest BCUT2D eigenvalue weighted by Gasteiger charge is 2.79. The van der Waals surface area contributed by atoms with Gasteiger partial charge in [-0.3, -0.25) is 4.90 Å². The Balaban J connectivity index is 1.53. The topological polar surface area (TPSA) is 75.8 Å². The Kier molecular flexibility index (Phi) is 4.12. The van der Waals surface area contributed by atoms with Crippen LogP contribution in [0, 0.1) is 0 Å². The first kappa shape index (κ1) is 16.6. The number of carbonyl (C=O) groups excluding carboxylic acids is 2. The van der Waals surface area contributed by atoms with Gasteiger partial charge in [-0.1, -0.05) is 60.7 Å². The van der Waals surface area contributed by atoms with Crippen molar-refractivity contribution in [2.24, 2.45) is 0 Å². The van der Waals surface area contributed by atoms with Gasteiger partial charge in [-0.15, -0.1) is 0 Å². The van der Waals surface area contributed by atoms with Gasteiger partial charge in [0, 0.05) is 6.42 Å². The Bertz CT molecular complexity index is 809. The molecule has 2 aliphatic heterocycles. The van der Waals surface area contributed by atoms with Crippen molar-refractivity contribution in [1.29, 1.82) is 0 Å². The van der Waals surface area contributed by atoms with Crippen molar-refractivity contribution in [3.8, 4) is 0 Å².